The van der Waals surface area contributed by atoms with E-state index >= 15 is 0 Å². The van der Waals surface area contributed by atoms with E-state index < -0.39 is 33.2 Å². The molecule has 8 nitrogen and oxygen atoms in total. The summed E-state index contributed by atoms with van der Waals surface area (Å²) in [6.45, 7) is 2.98. The molecular formula is C19H21F3N4O4S2. The number of amides is 1. The Kier molecular flexibility index (Phi) is 6.13. The maximum Gasteiger partial charge on any atom is 0.434 e. The third kappa shape index (κ3) is 5.27. The van der Waals surface area contributed by atoms with Crippen molar-refractivity contribution in [1.29, 1.82) is 0 Å². The van der Waals surface area contributed by atoms with Gasteiger partial charge in [-0.1, -0.05) is 0 Å². The van der Waals surface area contributed by atoms with Crippen molar-refractivity contribution in [3.8, 4) is 0 Å². The number of nitrogens with zero attached hydrogens (tertiary/aromatic N) is 3. The molecule has 1 amide bonds. The van der Waals surface area contributed by atoms with Crippen LogP contribution in [0.2, 0.25) is 0 Å². The fraction of sp³-hybridized carbons (Fsp3) is 0.421. The molecule has 174 valence electrons. The van der Waals surface area contributed by atoms with E-state index in [1.54, 1.807) is 17.7 Å². The van der Waals surface area contributed by atoms with E-state index in [2.05, 4.69) is 15.3 Å². The Hall–Kier alpha value is -2.51. The minimum absolute atomic E-state index is 0.0995. The van der Waals surface area contributed by atoms with Gasteiger partial charge in [0.15, 0.2) is 10.7 Å². The van der Waals surface area contributed by atoms with Crippen LogP contribution in [0.3, 0.4) is 0 Å². The molecule has 0 radical (unpaired) electrons. The van der Waals surface area contributed by atoms with Crippen LogP contribution < -0.4 is 5.32 Å². The molecule has 0 fully saturated rings. The van der Waals surface area contributed by atoms with Crippen LogP contribution in [0.4, 0.5) is 18.9 Å². The summed E-state index contributed by atoms with van der Waals surface area (Å²) in [5.74, 6) is -0.460. The number of halogens is 3. The highest BCUT2D eigenvalue weighted by molar-refractivity contribution is 7.90. The molecule has 32 heavy (non-hydrogen) atoms. The molecule has 0 aliphatic heterocycles. The van der Waals surface area contributed by atoms with Crippen molar-refractivity contribution in [2.75, 3.05) is 17.3 Å². The Balaban J connectivity index is 2.02. The molecule has 2 heterocycles. The lowest BCUT2D eigenvalue weighted by molar-refractivity contribution is -0.140. The molecule has 2 aromatic heterocycles. The van der Waals surface area contributed by atoms with Crippen LogP contribution in [0.1, 0.15) is 40.7 Å². The van der Waals surface area contributed by atoms with Gasteiger partial charge in [0.1, 0.15) is 15.7 Å². The number of nitrogens with one attached hydrogen (secondary N) is 1. The Morgan fingerprint density at radius 1 is 1.25 bits per heavy atom. The number of alkyl halides is 3. The number of benzene rings is 1. The fourth-order valence-corrected chi connectivity index (χ4v) is 4.35. The van der Waals surface area contributed by atoms with Crippen LogP contribution in [-0.4, -0.2) is 46.0 Å². The van der Waals surface area contributed by atoms with Gasteiger partial charge < -0.3 is 15.0 Å². The van der Waals surface area contributed by atoms with Crippen molar-refractivity contribution >= 4 is 43.8 Å². The van der Waals surface area contributed by atoms with Gasteiger partial charge in [-0.05, 0) is 26.0 Å². The molecule has 0 saturated carbocycles. The molecular weight excluding hydrogens is 469 g/mol. The first-order valence-corrected chi connectivity index (χ1v) is 12.2. The number of hydrogen-bond donors (Lipinski definition) is 2. The molecule has 0 aliphatic carbocycles. The number of thiazole rings is 1. The predicted octanol–water partition coefficient (Wildman–Crippen LogP) is 3.12. The highest BCUT2D eigenvalue weighted by Gasteiger charge is 2.34. The zero-order valence-corrected chi connectivity index (χ0v) is 19.2. The van der Waals surface area contributed by atoms with E-state index in [0.717, 1.165) is 11.6 Å². The minimum Gasteiger partial charge on any atom is -0.386 e. The molecule has 0 unspecified atom stereocenters. The Morgan fingerprint density at radius 2 is 1.91 bits per heavy atom. The molecule has 3 rings (SSSR count). The average Bonchev–Trinajstić information content (AvgIpc) is 3.24. The highest BCUT2D eigenvalue weighted by atomic mass is 32.2. The topological polar surface area (TPSA) is 114 Å². The van der Waals surface area contributed by atoms with E-state index in [1.165, 1.54) is 19.9 Å². The quantitative estimate of drug-likeness (QED) is 0.549. The molecule has 0 spiro atoms. The molecule has 0 atom stereocenters. The zero-order chi connectivity index (χ0) is 24.1. The lowest BCUT2D eigenvalue weighted by Crippen LogP contribution is -2.21. The van der Waals surface area contributed by atoms with Crippen LogP contribution in [-0.2, 0) is 35.1 Å². The van der Waals surface area contributed by atoms with Gasteiger partial charge in [0, 0.05) is 36.4 Å². The third-order valence-corrected chi connectivity index (χ3v) is 6.49. The van der Waals surface area contributed by atoms with Crippen molar-refractivity contribution in [2.45, 2.75) is 32.0 Å². The van der Waals surface area contributed by atoms with Crippen LogP contribution in [0, 0.1) is 0 Å². The summed E-state index contributed by atoms with van der Waals surface area (Å²) < 4.78 is 63.1. The van der Waals surface area contributed by atoms with E-state index in [4.69, 9.17) is 0 Å². The van der Waals surface area contributed by atoms with E-state index in [-0.39, 0.29) is 22.9 Å². The molecule has 0 aliphatic rings. The summed E-state index contributed by atoms with van der Waals surface area (Å²) in [6, 6.07) is 3.09. The van der Waals surface area contributed by atoms with Crippen molar-refractivity contribution in [3.05, 3.63) is 39.6 Å². The Morgan fingerprint density at radius 3 is 2.44 bits per heavy atom. The standard InChI is InChI=1S/C19H21F3N4O4S2/c1-18(2,28)10-7-12-13(26(3)15(23-12)5-6-32(4,29)30)8-11(10)24-16(27)17-25-14(9-31-17)19(20,21)22/h7-9,28H,5-6H2,1-4H3,(H,24,27). The molecule has 1 aromatic carbocycles. The van der Waals surface area contributed by atoms with Gasteiger partial charge in [-0.15, -0.1) is 11.3 Å². The number of carbonyl (C=O) groups excluding carboxylic acids is 1. The molecule has 0 bridgehead atoms. The summed E-state index contributed by atoms with van der Waals surface area (Å²) in [4.78, 5) is 20.4. The number of sulfone groups is 1. The number of fused-ring (bicyclic) bond motifs is 1. The number of anilines is 1. The van der Waals surface area contributed by atoms with Crippen LogP contribution >= 0.6 is 11.3 Å². The second kappa shape index (κ2) is 8.12. The smallest absolute Gasteiger partial charge is 0.386 e. The lowest BCUT2D eigenvalue weighted by atomic mass is 9.95. The van der Waals surface area contributed by atoms with E-state index in [0.29, 0.717) is 33.8 Å². The number of aryl methyl sites for hydroxylation is 2. The summed E-state index contributed by atoms with van der Waals surface area (Å²) in [7, 11) is -1.53. The van der Waals surface area contributed by atoms with Crippen molar-refractivity contribution in [3.63, 3.8) is 0 Å². The Bertz CT molecular complexity index is 1290. The van der Waals surface area contributed by atoms with Crippen LogP contribution in [0.15, 0.2) is 17.5 Å². The molecule has 13 heteroatoms. The largest absolute Gasteiger partial charge is 0.434 e. The highest BCUT2D eigenvalue weighted by Crippen LogP contribution is 2.34. The summed E-state index contributed by atoms with van der Waals surface area (Å²) in [6.07, 6.45) is -3.37. The van der Waals surface area contributed by atoms with Gasteiger partial charge >= 0.3 is 6.18 Å². The maximum atomic E-state index is 12.8. The number of imidazole rings is 1. The van der Waals surface area contributed by atoms with E-state index in [9.17, 15) is 31.5 Å². The van der Waals surface area contributed by atoms with Crippen molar-refractivity contribution in [1.82, 2.24) is 14.5 Å². The number of aliphatic hydroxyl groups is 1. The number of aromatic nitrogens is 3. The van der Waals surface area contributed by atoms with E-state index in [1.807, 2.05) is 0 Å². The van der Waals surface area contributed by atoms with Gasteiger partial charge in [-0.2, -0.15) is 13.2 Å². The Labute approximate surface area is 186 Å². The first-order valence-electron chi connectivity index (χ1n) is 9.30. The average molecular weight is 491 g/mol. The number of rotatable bonds is 6. The zero-order valence-electron chi connectivity index (χ0n) is 17.6. The number of carbonyl (C=O) groups is 1. The SMILES string of the molecule is Cn1c(CCS(C)(=O)=O)nc2cc(C(C)(C)O)c(NC(=O)c3nc(C(F)(F)F)cs3)cc21. The lowest BCUT2D eigenvalue weighted by Gasteiger charge is -2.22. The van der Waals surface area contributed by atoms with Gasteiger partial charge in [0.05, 0.1) is 22.4 Å². The minimum atomic E-state index is -4.66. The number of hydrogen-bond acceptors (Lipinski definition) is 7. The monoisotopic (exact) mass is 490 g/mol. The summed E-state index contributed by atoms with van der Waals surface area (Å²) in [5, 5.41) is 13.5. The van der Waals surface area contributed by atoms with Crippen molar-refractivity contribution < 1.29 is 31.5 Å². The van der Waals surface area contributed by atoms with Gasteiger partial charge in [-0.25, -0.2) is 18.4 Å². The van der Waals surface area contributed by atoms with Crippen LogP contribution in [0.25, 0.3) is 11.0 Å². The van der Waals surface area contributed by atoms with Gasteiger partial charge in [0.2, 0.25) is 0 Å². The fourth-order valence-electron chi connectivity index (χ4n) is 3.08. The van der Waals surface area contributed by atoms with Crippen LogP contribution in [0.5, 0.6) is 0 Å². The summed E-state index contributed by atoms with van der Waals surface area (Å²) in [5.41, 5.74) is -1.09. The summed E-state index contributed by atoms with van der Waals surface area (Å²) >= 11 is 0.557. The second-order valence-corrected chi connectivity index (χ2v) is 11.0. The molecule has 3 aromatic rings. The van der Waals surface area contributed by atoms with Gasteiger partial charge in [0.25, 0.3) is 5.91 Å². The molecule has 2 N–H and O–H groups in total. The maximum absolute atomic E-state index is 12.8. The first-order chi connectivity index (χ1) is 14.6. The van der Waals surface area contributed by atoms with Gasteiger partial charge in [-0.3, -0.25) is 4.79 Å². The third-order valence-electron chi connectivity index (χ3n) is 4.71. The normalized spacial score (nSPS) is 13.0. The van der Waals surface area contributed by atoms with Crippen molar-refractivity contribution in [2.24, 2.45) is 7.05 Å². The first kappa shape index (κ1) is 24.1. The predicted molar refractivity (Wildman–Crippen MR) is 114 cm³/mol. The second-order valence-electron chi connectivity index (χ2n) is 7.90. The molecule has 0 saturated heterocycles.